The van der Waals surface area contributed by atoms with E-state index in [0.717, 1.165) is 6.07 Å². The molecule has 0 amide bonds. The van der Waals surface area contributed by atoms with Crippen molar-refractivity contribution < 1.29 is 13.2 Å². The van der Waals surface area contributed by atoms with Crippen molar-refractivity contribution in [2.45, 2.75) is 13.1 Å². The van der Waals surface area contributed by atoms with Crippen molar-refractivity contribution >= 4 is 5.82 Å². The third kappa shape index (κ3) is 3.14. The van der Waals surface area contributed by atoms with E-state index in [1.807, 2.05) is 0 Å². The van der Waals surface area contributed by atoms with E-state index in [-0.39, 0.29) is 11.5 Å². The van der Waals surface area contributed by atoms with Gasteiger partial charge in [-0.3, -0.25) is 0 Å². The maximum Gasteiger partial charge on any atom is 0.417 e. The zero-order valence-electron chi connectivity index (χ0n) is 11.2. The molecule has 108 valence electrons. The van der Waals surface area contributed by atoms with Gasteiger partial charge in [0.1, 0.15) is 17.5 Å². The molecule has 1 aromatic carbocycles. The lowest BCUT2D eigenvalue weighted by molar-refractivity contribution is -0.137. The summed E-state index contributed by atoms with van der Waals surface area (Å²) in [7, 11) is 0. The number of anilines is 1. The Morgan fingerprint density at radius 1 is 1.24 bits per heavy atom. The van der Waals surface area contributed by atoms with Gasteiger partial charge in [-0.05, 0) is 13.0 Å². The number of rotatable bonds is 3. The zero-order valence-corrected chi connectivity index (χ0v) is 11.2. The highest BCUT2D eigenvalue weighted by Crippen LogP contribution is 2.36. The van der Waals surface area contributed by atoms with Crippen molar-refractivity contribution in [1.29, 1.82) is 5.26 Å². The molecule has 0 aliphatic rings. The number of pyridine rings is 1. The lowest BCUT2D eigenvalue weighted by atomic mass is 10.0. The first-order valence-electron chi connectivity index (χ1n) is 6.29. The number of aromatic nitrogens is 1. The first-order chi connectivity index (χ1) is 9.97. The Labute approximate surface area is 120 Å². The first-order valence-corrected chi connectivity index (χ1v) is 6.29. The molecule has 2 rings (SSSR count). The molecule has 0 atom stereocenters. The number of benzene rings is 1. The molecule has 1 heterocycles. The number of hydrogen-bond donors (Lipinski definition) is 1. The molecule has 6 heteroatoms. The van der Waals surface area contributed by atoms with E-state index in [0.29, 0.717) is 12.1 Å². The van der Waals surface area contributed by atoms with Crippen LogP contribution in [-0.4, -0.2) is 11.5 Å². The molecule has 0 saturated carbocycles. The third-order valence-electron chi connectivity index (χ3n) is 2.85. The standard InChI is InChI=1S/C15H12F3N3/c1-2-20-14-11(9-19)12(15(16,17)18)8-13(21-14)10-6-4-3-5-7-10/h3-8H,2H2,1H3,(H,20,21). The van der Waals surface area contributed by atoms with E-state index >= 15 is 0 Å². The summed E-state index contributed by atoms with van der Waals surface area (Å²) in [5, 5.41) is 11.7. The van der Waals surface area contributed by atoms with Gasteiger partial charge in [-0.1, -0.05) is 30.3 Å². The van der Waals surface area contributed by atoms with Crippen LogP contribution < -0.4 is 5.32 Å². The van der Waals surface area contributed by atoms with Crippen LogP contribution in [0.15, 0.2) is 36.4 Å². The number of alkyl halides is 3. The molecule has 2 aromatic rings. The molecule has 3 nitrogen and oxygen atoms in total. The molecule has 0 bridgehead atoms. The number of halogens is 3. The van der Waals surface area contributed by atoms with Crippen LogP contribution in [0.25, 0.3) is 11.3 Å². The number of hydrogen-bond acceptors (Lipinski definition) is 3. The Morgan fingerprint density at radius 2 is 1.90 bits per heavy atom. The lowest BCUT2D eigenvalue weighted by Gasteiger charge is -2.14. The Bertz CT molecular complexity index is 673. The maximum absolute atomic E-state index is 13.1. The van der Waals surface area contributed by atoms with E-state index in [1.54, 1.807) is 43.3 Å². The van der Waals surface area contributed by atoms with Gasteiger partial charge >= 0.3 is 6.18 Å². The van der Waals surface area contributed by atoms with Gasteiger partial charge in [-0.15, -0.1) is 0 Å². The van der Waals surface area contributed by atoms with Crippen LogP contribution in [-0.2, 0) is 6.18 Å². The normalized spacial score (nSPS) is 11.0. The van der Waals surface area contributed by atoms with Gasteiger partial charge in [0, 0.05) is 12.1 Å². The summed E-state index contributed by atoms with van der Waals surface area (Å²) in [5.41, 5.74) is -0.719. The third-order valence-corrected chi connectivity index (χ3v) is 2.85. The Hall–Kier alpha value is -2.55. The quantitative estimate of drug-likeness (QED) is 0.927. The molecule has 1 aromatic heterocycles. The van der Waals surface area contributed by atoms with Crippen molar-refractivity contribution in [1.82, 2.24) is 4.98 Å². The average Bonchev–Trinajstić information content (AvgIpc) is 2.47. The van der Waals surface area contributed by atoms with Crippen LogP contribution in [0, 0.1) is 11.3 Å². The van der Waals surface area contributed by atoms with Gasteiger partial charge in [0.25, 0.3) is 0 Å². The van der Waals surface area contributed by atoms with E-state index in [4.69, 9.17) is 5.26 Å². The Kier molecular flexibility index (Phi) is 4.13. The molecular formula is C15H12F3N3. The van der Waals surface area contributed by atoms with Gasteiger partial charge in [0.15, 0.2) is 0 Å². The van der Waals surface area contributed by atoms with Gasteiger partial charge in [-0.25, -0.2) is 4.98 Å². The van der Waals surface area contributed by atoms with Crippen LogP contribution in [0.2, 0.25) is 0 Å². The fourth-order valence-electron chi connectivity index (χ4n) is 1.93. The highest BCUT2D eigenvalue weighted by molar-refractivity contribution is 5.67. The molecule has 0 saturated heterocycles. The van der Waals surface area contributed by atoms with E-state index < -0.39 is 17.3 Å². The number of nitrogens with one attached hydrogen (secondary N) is 1. The fraction of sp³-hybridized carbons (Fsp3) is 0.200. The minimum absolute atomic E-state index is 0.0475. The summed E-state index contributed by atoms with van der Waals surface area (Å²) in [6.07, 6.45) is -4.61. The van der Waals surface area contributed by atoms with Crippen LogP contribution in [0.4, 0.5) is 19.0 Å². The summed E-state index contributed by atoms with van der Waals surface area (Å²) in [5.74, 6) is -0.0475. The molecule has 0 radical (unpaired) electrons. The Balaban J connectivity index is 2.70. The van der Waals surface area contributed by atoms with E-state index in [2.05, 4.69) is 10.3 Å². The smallest absolute Gasteiger partial charge is 0.369 e. The molecule has 1 N–H and O–H groups in total. The molecular weight excluding hydrogens is 279 g/mol. The summed E-state index contributed by atoms with van der Waals surface area (Å²) in [6, 6.07) is 11.0. The molecule has 0 unspecified atom stereocenters. The highest BCUT2D eigenvalue weighted by Gasteiger charge is 2.36. The largest absolute Gasteiger partial charge is 0.417 e. The predicted molar refractivity (Wildman–Crippen MR) is 73.6 cm³/mol. The van der Waals surface area contributed by atoms with Gasteiger partial charge < -0.3 is 5.32 Å². The van der Waals surface area contributed by atoms with Crippen LogP contribution in [0.3, 0.4) is 0 Å². The van der Waals surface area contributed by atoms with Crippen LogP contribution in [0.1, 0.15) is 18.1 Å². The van der Waals surface area contributed by atoms with Gasteiger partial charge in [-0.2, -0.15) is 18.4 Å². The summed E-state index contributed by atoms with van der Waals surface area (Å²) in [4.78, 5) is 4.14. The fourth-order valence-corrected chi connectivity index (χ4v) is 1.93. The molecule has 0 aliphatic heterocycles. The molecule has 0 fully saturated rings. The first kappa shape index (κ1) is 14.9. The van der Waals surface area contributed by atoms with Crippen LogP contribution >= 0.6 is 0 Å². The summed E-state index contributed by atoms with van der Waals surface area (Å²) >= 11 is 0. The molecule has 21 heavy (non-hydrogen) atoms. The van der Waals surface area contributed by atoms with Crippen molar-refractivity contribution in [2.24, 2.45) is 0 Å². The van der Waals surface area contributed by atoms with Crippen molar-refractivity contribution in [2.75, 3.05) is 11.9 Å². The van der Waals surface area contributed by atoms with E-state index in [9.17, 15) is 13.2 Å². The lowest BCUT2D eigenvalue weighted by Crippen LogP contribution is -2.13. The topological polar surface area (TPSA) is 48.7 Å². The van der Waals surface area contributed by atoms with Crippen molar-refractivity contribution in [3.8, 4) is 17.3 Å². The second-order valence-corrected chi connectivity index (χ2v) is 4.28. The van der Waals surface area contributed by atoms with Crippen molar-refractivity contribution in [3.63, 3.8) is 0 Å². The van der Waals surface area contributed by atoms with Crippen LogP contribution in [0.5, 0.6) is 0 Å². The van der Waals surface area contributed by atoms with Crippen molar-refractivity contribution in [3.05, 3.63) is 47.5 Å². The molecule has 0 aliphatic carbocycles. The molecule has 0 spiro atoms. The predicted octanol–water partition coefficient (Wildman–Crippen LogP) is 4.07. The minimum Gasteiger partial charge on any atom is -0.369 e. The summed E-state index contributed by atoms with van der Waals surface area (Å²) < 4.78 is 39.4. The van der Waals surface area contributed by atoms with Gasteiger partial charge in [0.05, 0.1) is 11.3 Å². The average molecular weight is 291 g/mol. The second kappa shape index (κ2) is 5.83. The maximum atomic E-state index is 13.1. The minimum atomic E-state index is -4.61. The second-order valence-electron chi connectivity index (χ2n) is 4.28. The van der Waals surface area contributed by atoms with Gasteiger partial charge in [0.2, 0.25) is 0 Å². The summed E-state index contributed by atoms with van der Waals surface area (Å²) in [6.45, 7) is 2.10. The Morgan fingerprint density at radius 3 is 2.43 bits per heavy atom. The van der Waals surface area contributed by atoms with E-state index in [1.165, 1.54) is 0 Å². The number of nitrogens with zero attached hydrogens (tertiary/aromatic N) is 2. The zero-order chi connectivity index (χ0) is 15.5. The number of nitriles is 1. The highest BCUT2D eigenvalue weighted by atomic mass is 19.4. The SMILES string of the molecule is CCNc1nc(-c2ccccc2)cc(C(F)(F)F)c1C#N. The monoisotopic (exact) mass is 291 g/mol.